The molecule has 1 saturated heterocycles. The molecule has 8 nitrogen and oxygen atoms in total. The molecule has 0 spiro atoms. The smallest absolute Gasteiger partial charge is 0.328 e. The van der Waals surface area contributed by atoms with Crippen LogP contribution in [-0.4, -0.2) is 58.9 Å². The Balaban J connectivity index is 1.42. The van der Waals surface area contributed by atoms with Crippen LogP contribution in [0.25, 0.3) is 0 Å². The summed E-state index contributed by atoms with van der Waals surface area (Å²) in [6.45, 7) is 8.23. The van der Waals surface area contributed by atoms with Gasteiger partial charge in [0.05, 0.1) is 18.4 Å². The minimum Gasteiger partial charge on any atom is -0.467 e. The second-order valence-electron chi connectivity index (χ2n) is 10.2. The predicted octanol–water partition coefficient (Wildman–Crippen LogP) is 4.02. The second-order valence-corrected chi connectivity index (χ2v) is 10.2. The van der Waals surface area contributed by atoms with E-state index in [2.05, 4.69) is 17.4 Å². The lowest BCUT2D eigenvalue weighted by Gasteiger charge is -2.33. The van der Waals surface area contributed by atoms with E-state index >= 15 is 0 Å². The molecule has 1 aromatic heterocycles. The number of ether oxygens (including phenoxy) is 1. The number of hydrogen-bond acceptors (Lipinski definition) is 5. The number of hydrogen-bond donors (Lipinski definition) is 1. The lowest BCUT2D eigenvalue weighted by Crippen LogP contribution is -2.50. The van der Waals surface area contributed by atoms with E-state index in [4.69, 9.17) is 9.72 Å². The Labute approximate surface area is 213 Å². The van der Waals surface area contributed by atoms with E-state index in [-0.39, 0.29) is 23.8 Å². The molecule has 1 unspecified atom stereocenters. The van der Waals surface area contributed by atoms with Crippen LogP contribution in [0.5, 0.6) is 0 Å². The van der Waals surface area contributed by atoms with Crippen molar-refractivity contribution in [3.8, 4) is 0 Å². The molecule has 1 aromatic carbocycles. The van der Waals surface area contributed by atoms with Gasteiger partial charge in [0.2, 0.25) is 0 Å². The number of rotatable bonds is 6. The number of aryl methyl sites for hydroxylation is 1. The Morgan fingerprint density at radius 2 is 1.67 bits per heavy atom. The van der Waals surface area contributed by atoms with Crippen molar-refractivity contribution in [2.45, 2.75) is 65.1 Å². The maximum absolute atomic E-state index is 13.5. The summed E-state index contributed by atoms with van der Waals surface area (Å²) in [5.74, 6) is -0.0940. The molecular formula is C28H36N4O4. The number of nitrogens with one attached hydrogen (secondary N) is 1. The van der Waals surface area contributed by atoms with E-state index in [1.165, 1.54) is 18.2 Å². The third-order valence-electron chi connectivity index (χ3n) is 7.08. The van der Waals surface area contributed by atoms with Crippen LogP contribution in [0.4, 0.5) is 4.79 Å². The quantitative estimate of drug-likeness (QED) is 0.615. The normalized spacial score (nSPS) is 16.6. The Hall–Kier alpha value is -3.42. The highest BCUT2D eigenvalue weighted by Crippen LogP contribution is 2.32. The van der Waals surface area contributed by atoms with E-state index in [0.717, 1.165) is 11.4 Å². The van der Waals surface area contributed by atoms with Crippen molar-refractivity contribution in [3.05, 3.63) is 64.5 Å². The number of fused-ring (bicyclic) bond motifs is 1. The van der Waals surface area contributed by atoms with E-state index in [1.807, 2.05) is 49.9 Å². The highest BCUT2D eigenvalue weighted by molar-refractivity contribution is 5.95. The Morgan fingerprint density at radius 3 is 2.25 bits per heavy atom. The molecule has 3 heterocycles. The van der Waals surface area contributed by atoms with Crippen LogP contribution >= 0.6 is 0 Å². The first-order chi connectivity index (χ1) is 17.3. The van der Waals surface area contributed by atoms with Crippen molar-refractivity contribution >= 4 is 17.9 Å². The molecule has 4 rings (SSSR count). The third kappa shape index (κ3) is 5.69. The van der Waals surface area contributed by atoms with Crippen LogP contribution in [-0.2, 0) is 22.6 Å². The number of esters is 1. The first kappa shape index (κ1) is 25.7. The molecule has 2 aliphatic heterocycles. The van der Waals surface area contributed by atoms with Crippen LogP contribution < -0.4 is 5.32 Å². The van der Waals surface area contributed by atoms with Crippen LogP contribution in [0.2, 0.25) is 0 Å². The lowest BCUT2D eigenvalue weighted by atomic mass is 9.89. The summed E-state index contributed by atoms with van der Waals surface area (Å²) in [7, 11) is 1.34. The molecule has 8 heteroatoms. The monoisotopic (exact) mass is 492 g/mol. The molecule has 2 aromatic rings. The zero-order chi connectivity index (χ0) is 25.8. The first-order valence-corrected chi connectivity index (χ1v) is 12.7. The third-order valence-corrected chi connectivity index (χ3v) is 7.08. The van der Waals surface area contributed by atoms with Gasteiger partial charge < -0.3 is 19.9 Å². The number of aromatic nitrogens is 1. The molecule has 1 atom stereocenters. The number of benzene rings is 1. The van der Waals surface area contributed by atoms with Crippen LogP contribution in [0.3, 0.4) is 0 Å². The number of pyridine rings is 1. The van der Waals surface area contributed by atoms with Crippen molar-refractivity contribution in [2.24, 2.45) is 5.92 Å². The van der Waals surface area contributed by atoms with Crippen molar-refractivity contribution in [1.82, 2.24) is 20.1 Å². The number of likely N-dealkylation sites (tertiary alicyclic amines) is 1. The number of nitrogens with zero attached hydrogens (tertiary/aromatic N) is 3. The minimum atomic E-state index is -0.660. The Bertz CT molecular complexity index is 1100. The molecule has 3 amide bonds. The number of carbonyl (C=O) groups excluding carboxylic acids is 3. The molecule has 0 bridgehead atoms. The molecule has 192 valence electrons. The van der Waals surface area contributed by atoms with Gasteiger partial charge in [0.25, 0.3) is 5.91 Å². The molecule has 0 aliphatic carbocycles. The minimum absolute atomic E-state index is 0.00322. The van der Waals surface area contributed by atoms with Crippen LogP contribution in [0.15, 0.2) is 36.4 Å². The summed E-state index contributed by atoms with van der Waals surface area (Å²) in [6.07, 6.45) is 1.93. The standard InChI is InChI=1S/C28H36N4O4/c1-18(2)15-24(27(34)36-4)30-28(35)31-13-11-20(12-14-31)25-23(10-9-19(3)29-25)26(33)32-16-21-7-5-6-8-22(21)17-32/h5-10,18,20,24H,11-17H2,1-4H3,(H,30,35). The number of urea groups is 1. The van der Waals surface area contributed by atoms with E-state index in [9.17, 15) is 14.4 Å². The van der Waals surface area contributed by atoms with Crippen molar-refractivity contribution in [3.63, 3.8) is 0 Å². The Morgan fingerprint density at radius 1 is 1.03 bits per heavy atom. The molecule has 36 heavy (non-hydrogen) atoms. The van der Waals surface area contributed by atoms with Crippen molar-refractivity contribution in [2.75, 3.05) is 20.2 Å². The lowest BCUT2D eigenvalue weighted by molar-refractivity contribution is -0.143. The van der Waals surface area contributed by atoms with E-state index < -0.39 is 12.0 Å². The van der Waals surface area contributed by atoms with Gasteiger partial charge in [0.1, 0.15) is 6.04 Å². The summed E-state index contributed by atoms with van der Waals surface area (Å²) in [5.41, 5.74) is 4.73. The average Bonchev–Trinajstić information content (AvgIpc) is 3.31. The molecule has 0 radical (unpaired) electrons. The fourth-order valence-corrected chi connectivity index (χ4v) is 5.14. The summed E-state index contributed by atoms with van der Waals surface area (Å²) in [4.78, 5) is 47.0. The number of methoxy groups -OCH3 is 1. The molecule has 1 N–H and O–H groups in total. The topological polar surface area (TPSA) is 91.8 Å². The van der Waals surface area contributed by atoms with Gasteiger partial charge in [-0.15, -0.1) is 0 Å². The zero-order valence-electron chi connectivity index (χ0n) is 21.6. The summed E-state index contributed by atoms with van der Waals surface area (Å²) in [5, 5.41) is 2.84. The molecule has 1 fully saturated rings. The molecule has 2 aliphatic rings. The largest absolute Gasteiger partial charge is 0.467 e. The second kappa shape index (κ2) is 11.1. The SMILES string of the molecule is COC(=O)C(CC(C)C)NC(=O)N1CCC(c2nc(C)ccc2C(=O)N2Cc3ccccc3C2)CC1. The maximum atomic E-state index is 13.5. The van der Waals surface area contributed by atoms with Crippen LogP contribution in [0.1, 0.15) is 71.9 Å². The van der Waals surface area contributed by atoms with Gasteiger partial charge in [-0.1, -0.05) is 38.1 Å². The van der Waals surface area contributed by atoms with Crippen molar-refractivity contribution in [1.29, 1.82) is 0 Å². The highest BCUT2D eigenvalue weighted by atomic mass is 16.5. The van der Waals surface area contributed by atoms with Gasteiger partial charge in [-0.25, -0.2) is 9.59 Å². The fraction of sp³-hybridized carbons (Fsp3) is 0.500. The van der Waals surface area contributed by atoms with Gasteiger partial charge >= 0.3 is 12.0 Å². The highest BCUT2D eigenvalue weighted by Gasteiger charge is 2.32. The zero-order valence-corrected chi connectivity index (χ0v) is 21.6. The summed E-state index contributed by atoms with van der Waals surface area (Å²) < 4.78 is 4.87. The van der Waals surface area contributed by atoms with Gasteiger partial charge in [-0.2, -0.15) is 0 Å². The maximum Gasteiger partial charge on any atom is 0.328 e. The predicted molar refractivity (Wildman–Crippen MR) is 136 cm³/mol. The first-order valence-electron chi connectivity index (χ1n) is 12.7. The number of piperidine rings is 1. The molecular weight excluding hydrogens is 456 g/mol. The number of carbonyl (C=O) groups is 3. The molecule has 0 saturated carbocycles. The summed E-state index contributed by atoms with van der Waals surface area (Å²) >= 11 is 0. The van der Waals surface area contributed by atoms with E-state index in [1.54, 1.807) is 4.90 Å². The number of amides is 3. The Kier molecular flexibility index (Phi) is 7.91. The summed E-state index contributed by atoms with van der Waals surface area (Å²) in [6, 6.07) is 11.0. The van der Waals surface area contributed by atoms with Crippen LogP contribution in [0, 0.1) is 12.8 Å². The van der Waals surface area contributed by atoms with Gasteiger partial charge in [0, 0.05) is 37.8 Å². The van der Waals surface area contributed by atoms with Gasteiger partial charge in [-0.05, 0) is 55.4 Å². The van der Waals surface area contributed by atoms with Crippen molar-refractivity contribution < 1.29 is 19.1 Å². The van der Waals surface area contributed by atoms with Gasteiger partial charge in [0.15, 0.2) is 0 Å². The fourth-order valence-electron chi connectivity index (χ4n) is 5.14. The average molecular weight is 493 g/mol. The van der Waals surface area contributed by atoms with Gasteiger partial charge in [-0.3, -0.25) is 9.78 Å². The van der Waals surface area contributed by atoms with E-state index in [0.29, 0.717) is 51.0 Å².